The molecule has 0 saturated carbocycles. The molecule has 0 fully saturated rings. The summed E-state index contributed by atoms with van der Waals surface area (Å²) in [5.41, 5.74) is 2.17. The van der Waals surface area contributed by atoms with E-state index in [1.54, 1.807) is 18.2 Å². The Morgan fingerprint density at radius 3 is 3.14 bits per heavy atom. The van der Waals surface area contributed by atoms with Crippen LogP contribution in [-0.2, 0) is 11.2 Å². The van der Waals surface area contributed by atoms with E-state index in [9.17, 15) is 4.79 Å². The molecule has 0 unspecified atom stereocenters. The Morgan fingerprint density at radius 1 is 1.64 bits per heavy atom. The largest absolute Gasteiger partial charge is 2.00 e. The van der Waals surface area contributed by atoms with Gasteiger partial charge >= 0.3 is 31.1 Å². The maximum absolute atomic E-state index is 11.4. The van der Waals surface area contributed by atoms with Gasteiger partial charge in [-0.1, -0.05) is 12.1 Å². The van der Waals surface area contributed by atoms with E-state index in [0.29, 0.717) is 0 Å². The number of fused-ring (bicyclic) bond motifs is 1. The topological polar surface area (TPSA) is 20.3 Å². The number of rotatable bonds is 1. The van der Waals surface area contributed by atoms with E-state index in [2.05, 4.69) is 12.1 Å². The zero-order chi connectivity index (χ0) is 9.26. The maximum atomic E-state index is 11.4. The molecule has 2 rings (SSSR count). The Labute approximate surface area is 108 Å². The summed E-state index contributed by atoms with van der Waals surface area (Å²) in [6.07, 6.45) is 2.54. The summed E-state index contributed by atoms with van der Waals surface area (Å²) >= 11 is 0. The second kappa shape index (κ2) is 4.91. The van der Waals surface area contributed by atoms with E-state index in [-0.39, 0.29) is 37.0 Å². The van der Waals surface area contributed by atoms with Gasteiger partial charge in [-0.25, -0.2) is 0 Å². The molecule has 1 amide bonds. The van der Waals surface area contributed by atoms with Crippen LogP contribution in [0.2, 0.25) is 0 Å². The van der Waals surface area contributed by atoms with Gasteiger partial charge in [-0.15, -0.1) is 5.56 Å². The van der Waals surface area contributed by atoms with Gasteiger partial charge in [-0.05, 0) is 0 Å². The molecule has 1 aliphatic rings. The van der Waals surface area contributed by atoms with Crippen LogP contribution < -0.4 is 4.90 Å². The fourth-order valence-electron chi connectivity index (χ4n) is 1.64. The van der Waals surface area contributed by atoms with Gasteiger partial charge in [0.15, 0.2) is 0 Å². The second-order valence-corrected chi connectivity index (χ2v) is 3.07. The van der Waals surface area contributed by atoms with Crippen molar-refractivity contribution in [3.05, 3.63) is 36.2 Å². The standard InChI is InChI=1S/C11H11NO.U/c1-2-11(13)12-8-7-9-5-3-4-6-10(9)12;/h2-5H,7-8H2,1H3;/q-2;+2. The van der Waals surface area contributed by atoms with Crippen LogP contribution in [0.25, 0.3) is 0 Å². The third kappa shape index (κ3) is 1.99. The molecule has 1 aromatic carbocycles. The van der Waals surface area contributed by atoms with Crippen LogP contribution in [0.5, 0.6) is 0 Å². The van der Waals surface area contributed by atoms with Crippen LogP contribution in [0.4, 0.5) is 5.69 Å². The molecule has 0 saturated heterocycles. The number of benzene rings is 1. The molecule has 1 aliphatic heterocycles. The van der Waals surface area contributed by atoms with Gasteiger partial charge in [-0.2, -0.15) is 31.2 Å². The van der Waals surface area contributed by atoms with Crippen LogP contribution in [0.15, 0.2) is 18.2 Å². The number of anilines is 1. The van der Waals surface area contributed by atoms with Crippen molar-refractivity contribution in [1.82, 2.24) is 0 Å². The van der Waals surface area contributed by atoms with Crippen molar-refractivity contribution in [2.75, 3.05) is 11.4 Å². The van der Waals surface area contributed by atoms with Gasteiger partial charge in [0.1, 0.15) is 0 Å². The average Bonchev–Trinajstić information content (AvgIpc) is 2.60. The number of hydrogen-bond acceptors (Lipinski definition) is 1. The number of para-hydroxylation sites is 1. The Morgan fingerprint density at radius 2 is 2.43 bits per heavy atom. The number of nitrogens with zero attached hydrogens (tertiary/aromatic N) is 1. The van der Waals surface area contributed by atoms with Crippen LogP contribution in [-0.4, -0.2) is 12.5 Å². The molecule has 0 spiro atoms. The minimum atomic E-state index is 0. The number of amides is 1. The average molecular weight is 411 g/mol. The molecule has 14 heavy (non-hydrogen) atoms. The summed E-state index contributed by atoms with van der Waals surface area (Å²) in [5.74, 6) is 0.0706. The van der Waals surface area contributed by atoms with Crippen LogP contribution in [0.1, 0.15) is 12.5 Å². The van der Waals surface area contributed by atoms with Gasteiger partial charge in [0.2, 0.25) is 0 Å². The SMILES string of the molecule is C[CH-]C(=O)N1CCc2ccc[c-]c21.[U+2]. The predicted molar refractivity (Wildman–Crippen MR) is 51.3 cm³/mol. The predicted octanol–water partition coefficient (Wildman–Crippen LogP) is 1.60. The summed E-state index contributed by atoms with van der Waals surface area (Å²) in [4.78, 5) is 13.2. The summed E-state index contributed by atoms with van der Waals surface area (Å²) in [6, 6.07) is 8.96. The van der Waals surface area contributed by atoms with Crippen molar-refractivity contribution in [2.45, 2.75) is 13.3 Å². The fourth-order valence-corrected chi connectivity index (χ4v) is 1.64. The molecule has 0 N–H and O–H groups in total. The van der Waals surface area contributed by atoms with E-state index in [0.717, 1.165) is 18.7 Å². The summed E-state index contributed by atoms with van der Waals surface area (Å²) in [6.45, 7) is 2.56. The minimum Gasteiger partial charge on any atom is -0.361 e. The van der Waals surface area contributed by atoms with Gasteiger partial charge in [-0.3, -0.25) is 0 Å². The smallest absolute Gasteiger partial charge is 0.361 e. The van der Waals surface area contributed by atoms with Gasteiger partial charge in [0.05, 0.1) is 5.91 Å². The van der Waals surface area contributed by atoms with Gasteiger partial charge in [0.25, 0.3) is 0 Å². The molecule has 1 aromatic rings. The zero-order valence-corrected chi connectivity index (χ0v) is 12.2. The first-order valence-electron chi connectivity index (χ1n) is 4.43. The first-order chi connectivity index (χ1) is 6.33. The molecule has 0 aromatic heterocycles. The third-order valence-corrected chi connectivity index (χ3v) is 2.31. The Bertz CT molecular complexity index is 338. The molecule has 0 atom stereocenters. The van der Waals surface area contributed by atoms with Crippen LogP contribution in [0, 0.1) is 43.6 Å². The monoisotopic (exact) mass is 411 g/mol. The summed E-state index contributed by atoms with van der Waals surface area (Å²) in [7, 11) is 0. The first kappa shape index (κ1) is 11.7. The molecule has 0 aliphatic carbocycles. The summed E-state index contributed by atoms with van der Waals surface area (Å²) in [5, 5.41) is 0. The molecule has 70 valence electrons. The Balaban J connectivity index is 0.000000980. The molecule has 3 heteroatoms. The number of hydrogen-bond donors (Lipinski definition) is 0. The molecular formula is C11H11NOU. The van der Waals surface area contributed by atoms with Crippen molar-refractivity contribution >= 4 is 11.6 Å². The Hall–Kier alpha value is -0.388. The molecule has 0 bridgehead atoms. The first-order valence-corrected chi connectivity index (χ1v) is 4.43. The van der Waals surface area contributed by atoms with E-state index >= 15 is 0 Å². The normalized spacial score (nSPS) is 13.1. The zero-order valence-electron chi connectivity index (χ0n) is 8.08. The second-order valence-electron chi connectivity index (χ2n) is 3.07. The van der Waals surface area contributed by atoms with Crippen molar-refractivity contribution in [3.63, 3.8) is 0 Å². The van der Waals surface area contributed by atoms with Crippen LogP contribution >= 0.6 is 0 Å². The van der Waals surface area contributed by atoms with E-state index in [1.165, 1.54) is 5.56 Å². The van der Waals surface area contributed by atoms with Crippen molar-refractivity contribution in [3.8, 4) is 0 Å². The van der Waals surface area contributed by atoms with Crippen molar-refractivity contribution in [2.24, 2.45) is 0 Å². The van der Waals surface area contributed by atoms with E-state index in [4.69, 9.17) is 0 Å². The van der Waals surface area contributed by atoms with Gasteiger partial charge < -0.3 is 16.1 Å². The Kier molecular flexibility index (Phi) is 4.10. The van der Waals surface area contributed by atoms with E-state index in [1.807, 2.05) is 12.1 Å². The maximum Gasteiger partial charge on any atom is 2.00 e. The van der Waals surface area contributed by atoms with Crippen LogP contribution in [0.3, 0.4) is 0 Å². The third-order valence-electron chi connectivity index (χ3n) is 2.31. The van der Waals surface area contributed by atoms with Crippen molar-refractivity contribution in [1.29, 1.82) is 0 Å². The van der Waals surface area contributed by atoms with E-state index < -0.39 is 0 Å². The quantitative estimate of drug-likeness (QED) is 0.644. The number of carbonyl (C=O) groups excluding carboxylic acids is 1. The molecule has 1 heterocycles. The molecule has 2 nitrogen and oxygen atoms in total. The fraction of sp³-hybridized carbons (Fsp3) is 0.273. The van der Waals surface area contributed by atoms with Crippen molar-refractivity contribution < 1.29 is 35.9 Å². The number of carbonyl (C=O) groups is 1. The van der Waals surface area contributed by atoms with Gasteiger partial charge in [0, 0.05) is 6.54 Å². The minimum absolute atomic E-state index is 0. The molecule has 0 radical (unpaired) electrons. The molecular weight excluding hydrogens is 400 g/mol. The summed E-state index contributed by atoms with van der Waals surface area (Å²) < 4.78 is 0.